The lowest BCUT2D eigenvalue weighted by molar-refractivity contribution is -0.144. The summed E-state index contributed by atoms with van der Waals surface area (Å²) in [6.45, 7) is 5.07. The van der Waals surface area contributed by atoms with Crippen molar-refractivity contribution in [3.8, 4) is 0 Å². The van der Waals surface area contributed by atoms with E-state index in [0.717, 1.165) is 22.5 Å². The van der Waals surface area contributed by atoms with Gasteiger partial charge in [0, 0.05) is 19.0 Å². The summed E-state index contributed by atoms with van der Waals surface area (Å²) in [6.07, 6.45) is 1.59. The molecule has 1 N–H and O–H groups in total. The van der Waals surface area contributed by atoms with Gasteiger partial charge in [0.1, 0.15) is 34.8 Å². The van der Waals surface area contributed by atoms with Crippen molar-refractivity contribution >= 4 is 33.9 Å². The average molecular weight is 491 g/mol. The lowest BCUT2D eigenvalue weighted by Crippen LogP contribution is -2.60. The second-order valence-corrected chi connectivity index (χ2v) is 9.73. The van der Waals surface area contributed by atoms with E-state index in [0.29, 0.717) is 10.9 Å². The number of aromatic nitrogens is 4. The van der Waals surface area contributed by atoms with Gasteiger partial charge in [0.25, 0.3) is 11.5 Å². The van der Waals surface area contributed by atoms with E-state index < -0.39 is 23.0 Å². The second kappa shape index (κ2) is 8.54. The molecular formula is C26H27FN6O3. The highest BCUT2D eigenvalue weighted by Crippen LogP contribution is 2.26. The summed E-state index contributed by atoms with van der Waals surface area (Å²) < 4.78 is 17.0. The minimum Gasteiger partial charge on any atom is -0.348 e. The number of rotatable bonds is 5. The van der Waals surface area contributed by atoms with Crippen molar-refractivity contribution in [3.05, 3.63) is 69.4 Å². The Morgan fingerprint density at radius 1 is 1.17 bits per heavy atom. The van der Waals surface area contributed by atoms with E-state index in [4.69, 9.17) is 0 Å². The molecule has 36 heavy (non-hydrogen) atoms. The molecule has 5 rings (SSSR count). The number of hydrogen-bond acceptors (Lipinski definition) is 5. The van der Waals surface area contributed by atoms with Gasteiger partial charge in [0.15, 0.2) is 0 Å². The number of amides is 2. The Balaban J connectivity index is 1.57. The molecule has 0 aliphatic carbocycles. The number of imidazole rings is 1. The molecule has 0 unspecified atom stereocenters. The van der Waals surface area contributed by atoms with Crippen LogP contribution in [0.25, 0.3) is 22.1 Å². The number of halogens is 1. The van der Waals surface area contributed by atoms with E-state index in [-0.39, 0.29) is 37.4 Å². The van der Waals surface area contributed by atoms with Crippen LogP contribution in [0.5, 0.6) is 0 Å². The van der Waals surface area contributed by atoms with Crippen molar-refractivity contribution in [2.24, 2.45) is 7.05 Å². The Morgan fingerprint density at radius 3 is 2.53 bits per heavy atom. The molecule has 2 amide bonds. The first kappa shape index (κ1) is 23.7. The number of fused-ring (bicyclic) bond motifs is 3. The van der Waals surface area contributed by atoms with E-state index in [1.54, 1.807) is 6.20 Å². The molecule has 0 saturated carbocycles. The zero-order valence-corrected chi connectivity index (χ0v) is 20.6. The summed E-state index contributed by atoms with van der Waals surface area (Å²) in [5, 5.41) is 3.29. The predicted molar refractivity (Wildman–Crippen MR) is 133 cm³/mol. The highest BCUT2D eigenvalue weighted by atomic mass is 19.1. The minimum absolute atomic E-state index is 0.0354. The van der Waals surface area contributed by atoms with Crippen LogP contribution in [0.4, 0.5) is 4.39 Å². The maximum atomic E-state index is 14.0. The fourth-order valence-electron chi connectivity index (χ4n) is 4.52. The molecule has 0 bridgehead atoms. The van der Waals surface area contributed by atoms with E-state index in [2.05, 4.69) is 15.3 Å². The molecule has 1 fully saturated rings. The first-order chi connectivity index (χ1) is 17.0. The number of carbonyl (C=O) groups excluding carboxylic acids is 2. The van der Waals surface area contributed by atoms with Crippen molar-refractivity contribution in [1.29, 1.82) is 0 Å². The standard InChI is InChI=1S/C26H27FN6O3/c1-15-5-7-17(8-6-15)10-29-24(35)19-9-18-22-20(31(4)16(2)30-22)11-28-23(18)33(25(19)36)12-21(34)32-13-26(3,27)14-32/h5-9,11H,10,12-14H2,1-4H3,(H,29,35). The molecule has 0 atom stereocenters. The second-order valence-electron chi connectivity index (χ2n) is 9.73. The van der Waals surface area contributed by atoms with Crippen LogP contribution in [-0.2, 0) is 24.9 Å². The molecule has 1 saturated heterocycles. The molecule has 0 radical (unpaired) electrons. The van der Waals surface area contributed by atoms with Crippen LogP contribution in [0.2, 0.25) is 0 Å². The number of hydrogen-bond donors (Lipinski definition) is 1. The topological polar surface area (TPSA) is 102 Å². The monoisotopic (exact) mass is 490 g/mol. The zero-order valence-electron chi connectivity index (χ0n) is 20.6. The van der Waals surface area contributed by atoms with Gasteiger partial charge in [-0.1, -0.05) is 29.8 Å². The molecule has 10 heteroatoms. The Kier molecular flexibility index (Phi) is 5.61. The Bertz CT molecular complexity index is 1580. The van der Waals surface area contributed by atoms with Crippen LogP contribution < -0.4 is 10.9 Å². The number of likely N-dealkylation sites (tertiary alicyclic amines) is 1. The van der Waals surface area contributed by atoms with Crippen molar-refractivity contribution < 1.29 is 14.0 Å². The van der Waals surface area contributed by atoms with Gasteiger partial charge in [0.05, 0.1) is 24.8 Å². The quantitative estimate of drug-likeness (QED) is 0.463. The van der Waals surface area contributed by atoms with Crippen LogP contribution in [0.15, 0.2) is 41.3 Å². The predicted octanol–water partition coefficient (Wildman–Crippen LogP) is 2.40. The summed E-state index contributed by atoms with van der Waals surface area (Å²) in [7, 11) is 1.85. The number of carbonyl (C=O) groups is 2. The van der Waals surface area contributed by atoms with Crippen LogP contribution in [0, 0.1) is 13.8 Å². The van der Waals surface area contributed by atoms with Crippen LogP contribution in [-0.4, -0.2) is 54.6 Å². The molecule has 1 aliphatic rings. The molecular weight excluding hydrogens is 463 g/mol. The maximum Gasteiger partial charge on any atom is 0.265 e. The van der Waals surface area contributed by atoms with Gasteiger partial charge >= 0.3 is 0 Å². The summed E-state index contributed by atoms with van der Waals surface area (Å²) in [5.74, 6) is -0.236. The highest BCUT2D eigenvalue weighted by molar-refractivity contribution is 6.05. The normalized spacial score (nSPS) is 14.8. The van der Waals surface area contributed by atoms with Crippen molar-refractivity contribution in [2.45, 2.75) is 39.5 Å². The Morgan fingerprint density at radius 2 is 1.86 bits per heavy atom. The molecule has 9 nitrogen and oxygen atoms in total. The van der Waals surface area contributed by atoms with E-state index >= 15 is 0 Å². The number of benzene rings is 1. The van der Waals surface area contributed by atoms with Gasteiger partial charge in [-0.25, -0.2) is 14.4 Å². The van der Waals surface area contributed by atoms with Gasteiger partial charge in [-0.2, -0.15) is 0 Å². The fraction of sp³-hybridized carbons (Fsp3) is 0.346. The molecule has 3 aromatic heterocycles. The maximum absolute atomic E-state index is 14.0. The van der Waals surface area contributed by atoms with Gasteiger partial charge < -0.3 is 14.8 Å². The van der Waals surface area contributed by atoms with Gasteiger partial charge in [-0.05, 0) is 32.4 Å². The molecule has 4 aromatic rings. The largest absolute Gasteiger partial charge is 0.348 e. The minimum atomic E-state index is -1.43. The zero-order chi connectivity index (χ0) is 25.8. The summed E-state index contributed by atoms with van der Waals surface area (Å²) in [6, 6.07) is 9.19. The van der Waals surface area contributed by atoms with Crippen LogP contribution in [0.3, 0.4) is 0 Å². The first-order valence-electron chi connectivity index (χ1n) is 11.7. The number of alkyl halides is 1. The third kappa shape index (κ3) is 4.12. The highest BCUT2D eigenvalue weighted by Gasteiger charge is 2.41. The summed E-state index contributed by atoms with van der Waals surface area (Å²) in [5.41, 5.74) is 1.37. The van der Waals surface area contributed by atoms with Gasteiger partial charge in [-0.15, -0.1) is 0 Å². The van der Waals surface area contributed by atoms with Crippen LogP contribution in [0.1, 0.15) is 34.2 Å². The third-order valence-corrected chi connectivity index (χ3v) is 6.69. The van der Waals surface area contributed by atoms with Crippen molar-refractivity contribution in [2.75, 3.05) is 13.1 Å². The van der Waals surface area contributed by atoms with Gasteiger partial charge in [-0.3, -0.25) is 19.0 Å². The molecule has 186 valence electrons. The average Bonchev–Trinajstić information content (AvgIpc) is 3.12. The SMILES string of the molecule is Cc1ccc(CNC(=O)c2cc3c4nc(C)n(C)c4cnc3n(CC(=O)N3CC(C)(F)C3)c2=O)cc1. The third-order valence-electron chi connectivity index (χ3n) is 6.69. The van der Waals surface area contributed by atoms with Crippen molar-refractivity contribution in [1.82, 2.24) is 29.3 Å². The molecule has 1 aliphatic heterocycles. The Hall–Kier alpha value is -4.08. The molecule has 1 aromatic carbocycles. The number of nitrogens with one attached hydrogen (secondary N) is 1. The summed E-state index contributed by atoms with van der Waals surface area (Å²) >= 11 is 0. The number of pyridine rings is 2. The van der Waals surface area contributed by atoms with Gasteiger partial charge in [0.2, 0.25) is 5.91 Å². The molecule has 0 spiro atoms. The number of aryl methyl sites for hydroxylation is 3. The number of nitrogens with zero attached hydrogens (tertiary/aromatic N) is 5. The lowest BCUT2D eigenvalue weighted by Gasteiger charge is -2.42. The Labute approximate surface area is 206 Å². The lowest BCUT2D eigenvalue weighted by atomic mass is 9.99. The van der Waals surface area contributed by atoms with Crippen molar-refractivity contribution in [3.63, 3.8) is 0 Å². The first-order valence-corrected chi connectivity index (χ1v) is 11.7. The van der Waals surface area contributed by atoms with E-state index in [9.17, 15) is 18.8 Å². The summed E-state index contributed by atoms with van der Waals surface area (Å²) in [4.78, 5) is 49.9. The van der Waals surface area contributed by atoms with Crippen LogP contribution >= 0.6 is 0 Å². The van der Waals surface area contributed by atoms with E-state index in [1.807, 2.05) is 49.7 Å². The van der Waals surface area contributed by atoms with E-state index in [1.165, 1.54) is 22.5 Å². The smallest absolute Gasteiger partial charge is 0.265 e. The fourth-order valence-corrected chi connectivity index (χ4v) is 4.52. The molecule has 4 heterocycles.